The molecular weight excluding hydrogens is 362 g/mol. The van der Waals surface area contributed by atoms with E-state index >= 15 is 0 Å². The van der Waals surface area contributed by atoms with Crippen molar-refractivity contribution in [3.63, 3.8) is 0 Å². The van der Waals surface area contributed by atoms with Gasteiger partial charge in [-0.15, -0.1) is 11.3 Å². The Morgan fingerprint density at radius 2 is 1.85 bits per heavy atom. The number of hydrogen-bond acceptors (Lipinski definition) is 5. The van der Waals surface area contributed by atoms with Crippen LogP contribution in [0.5, 0.6) is 5.75 Å². The first-order valence-electron chi connectivity index (χ1n) is 8.53. The number of fused-ring (bicyclic) bond motifs is 3. The van der Waals surface area contributed by atoms with Gasteiger partial charge in [-0.2, -0.15) is 0 Å². The molecule has 0 fully saturated rings. The van der Waals surface area contributed by atoms with Crippen LogP contribution >= 0.6 is 11.3 Å². The molecule has 0 atom stereocenters. The van der Waals surface area contributed by atoms with Crippen LogP contribution in [0, 0.1) is 0 Å². The van der Waals surface area contributed by atoms with Gasteiger partial charge in [-0.3, -0.25) is 4.79 Å². The molecule has 0 saturated heterocycles. The van der Waals surface area contributed by atoms with Crippen LogP contribution in [0.1, 0.15) is 20.8 Å². The summed E-state index contributed by atoms with van der Waals surface area (Å²) >= 11 is 1.36. The van der Waals surface area contributed by atoms with Crippen molar-refractivity contribution in [1.29, 1.82) is 0 Å². The number of carbonyl (C=O) groups excluding carboxylic acids is 2. The number of para-hydroxylation sites is 1. The molecule has 4 rings (SSSR count). The minimum absolute atomic E-state index is 0.304. The Morgan fingerprint density at radius 1 is 1.07 bits per heavy atom. The predicted octanol–water partition coefficient (Wildman–Crippen LogP) is 3.78. The van der Waals surface area contributed by atoms with Gasteiger partial charge in [0.25, 0.3) is 5.91 Å². The number of benzene rings is 2. The van der Waals surface area contributed by atoms with Gasteiger partial charge in [-0.05, 0) is 23.8 Å². The first kappa shape index (κ1) is 17.3. The Labute approximate surface area is 160 Å². The predicted molar refractivity (Wildman–Crippen MR) is 103 cm³/mol. The van der Waals surface area contributed by atoms with Crippen molar-refractivity contribution >= 4 is 23.2 Å². The SMILES string of the molecule is O=C(COC(=O)c1cc2c(s1)-c1ccccc1OC2)NCc1ccccc1. The number of carbonyl (C=O) groups is 2. The van der Waals surface area contributed by atoms with E-state index in [0.717, 1.165) is 27.3 Å². The molecule has 0 saturated carbocycles. The maximum absolute atomic E-state index is 12.3. The van der Waals surface area contributed by atoms with Crippen LogP contribution in [-0.4, -0.2) is 18.5 Å². The van der Waals surface area contributed by atoms with E-state index in [1.807, 2.05) is 54.6 Å². The second-order valence-electron chi connectivity index (χ2n) is 6.09. The second-order valence-corrected chi connectivity index (χ2v) is 7.14. The van der Waals surface area contributed by atoms with Crippen LogP contribution in [0.2, 0.25) is 0 Å². The van der Waals surface area contributed by atoms with E-state index in [2.05, 4.69) is 5.32 Å². The summed E-state index contributed by atoms with van der Waals surface area (Å²) in [5.74, 6) is -0.0176. The zero-order valence-electron chi connectivity index (χ0n) is 14.4. The summed E-state index contributed by atoms with van der Waals surface area (Å²) in [5, 5.41) is 2.73. The molecule has 0 bridgehead atoms. The minimum atomic E-state index is -0.498. The number of amides is 1. The second kappa shape index (κ2) is 7.63. The van der Waals surface area contributed by atoms with E-state index in [1.54, 1.807) is 6.07 Å². The summed E-state index contributed by atoms with van der Waals surface area (Å²) in [4.78, 5) is 25.7. The highest BCUT2D eigenvalue weighted by molar-refractivity contribution is 7.17. The van der Waals surface area contributed by atoms with Crippen molar-refractivity contribution in [2.45, 2.75) is 13.2 Å². The third-order valence-electron chi connectivity index (χ3n) is 4.19. The monoisotopic (exact) mass is 379 g/mol. The molecule has 2 heterocycles. The van der Waals surface area contributed by atoms with Gasteiger partial charge in [0.15, 0.2) is 6.61 Å². The number of ether oxygens (including phenoxy) is 2. The lowest BCUT2D eigenvalue weighted by molar-refractivity contribution is -0.124. The van der Waals surface area contributed by atoms with Crippen LogP contribution in [-0.2, 0) is 22.7 Å². The molecule has 136 valence electrons. The zero-order valence-corrected chi connectivity index (χ0v) is 15.3. The van der Waals surface area contributed by atoms with Gasteiger partial charge < -0.3 is 14.8 Å². The molecule has 5 nitrogen and oxygen atoms in total. The summed E-state index contributed by atoms with van der Waals surface area (Å²) in [6.45, 7) is 0.521. The third kappa shape index (κ3) is 3.85. The molecule has 27 heavy (non-hydrogen) atoms. The van der Waals surface area contributed by atoms with Crippen LogP contribution in [0.3, 0.4) is 0 Å². The van der Waals surface area contributed by atoms with E-state index < -0.39 is 5.97 Å². The van der Waals surface area contributed by atoms with Gasteiger partial charge in [0.2, 0.25) is 0 Å². The highest BCUT2D eigenvalue weighted by Gasteiger charge is 2.23. The van der Waals surface area contributed by atoms with E-state index in [-0.39, 0.29) is 12.5 Å². The summed E-state index contributed by atoms with van der Waals surface area (Å²) in [6, 6.07) is 19.1. The van der Waals surface area contributed by atoms with Crippen LogP contribution in [0.15, 0.2) is 60.7 Å². The lowest BCUT2D eigenvalue weighted by atomic mass is 10.1. The molecule has 0 spiro atoms. The van der Waals surface area contributed by atoms with Crippen molar-refractivity contribution < 1.29 is 19.1 Å². The Balaban J connectivity index is 1.36. The Morgan fingerprint density at radius 3 is 2.70 bits per heavy atom. The van der Waals surface area contributed by atoms with Gasteiger partial charge in [0, 0.05) is 22.5 Å². The van der Waals surface area contributed by atoms with Crippen molar-refractivity contribution in [3.05, 3.63) is 76.7 Å². The van der Waals surface area contributed by atoms with Gasteiger partial charge >= 0.3 is 5.97 Å². The van der Waals surface area contributed by atoms with Gasteiger partial charge in [-0.25, -0.2) is 4.79 Å². The maximum atomic E-state index is 12.3. The third-order valence-corrected chi connectivity index (χ3v) is 5.38. The summed E-state index contributed by atoms with van der Waals surface area (Å²) < 4.78 is 10.9. The average molecular weight is 379 g/mol. The number of esters is 1. The highest BCUT2D eigenvalue weighted by atomic mass is 32.1. The molecule has 6 heteroatoms. The van der Waals surface area contributed by atoms with E-state index in [0.29, 0.717) is 18.0 Å². The molecule has 0 unspecified atom stereocenters. The molecule has 1 amide bonds. The van der Waals surface area contributed by atoms with Crippen LogP contribution in [0.4, 0.5) is 0 Å². The number of hydrogen-bond donors (Lipinski definition) is 1. The summed E-state index contributed by atoms with van der Waals surface area (Å²) in [7, 11) is 0. The quantitative estimate of drug-likeness (QED) is 0.685. The topological polar surface area (TPSA) is 64.6 Å². The lowest BCUT2D eigenvalue weighted by Crippen LogP contribution is -2.28. The van der Waals surface area contributed by atoms with Crippen molar-refractivity contribution in [3.8, 4) is 16.2 Å². The standard InChI is InChI=1S/C21H17NO4S/c23-19(22-11-14-6-2-1-3-7-14)13-26-21(24)18-10-15-12-25-17-9-5-4-8-16(17)20(15)27-18/h1-10H,11-13H2,(H,22,23). The van der Waals surface area contributed by atoms with Gasteiger partial charge in [0.05, 0.1) is 0 Å². The fourth-order valence-corrected chi connectivity index (χ4v) is 3.94. The smallest absolute Gasteiger partial charge is 0.348 e. The van der Waals surface area contributed by atoms with E-state index in [9.17, 15) is 9.59 Å². The van der Waals surface area contributed by atoms with E-state index in [4.69, 9.17) is 9.47 Å². The Bertz CT molecular complexity index is 981. The highest BCUT2D eigenvalue weighted by Crippen LogP contribution is 2.42. The Hall–Kier alpha value is -3.12. The van der Waals surface area contributed by atoms with Gasteiger partial charge in [-0.1, -0.05) is 42.5 Å². The molecule has 1 N–H and O–H groups in total. The number of rotatable bonds is 5. The molecule has 2 aromatic carbocycles. The van der Waals surface area contributed by atoms with E-state index in [1.165, 1.54) is 11.3 Å². The zero-order chi connectivity index (χ0) is 18.6. The first-order valence-corrected chi connectivity index (χ1v) is 9.35. The summed E-state index contributed by atoms with van der Waals surface area (Å²) in [5.41, 5.74) is 2.92. The van der Waals surface area contributed by atoms with Crippen LogP contribution < -0.4 is 10.1 Å². The Kier molecular flexibility index (Phi) is 4.89. The molecule has 0 radical (unpaired) electrons. The number of nitrogens with one attached hydrogen (secondary N) is 1. The lowest BCUT2D eigenvalue weighted by Gasteiger charge is -2.16. The fourth-order valence-electron chi connectivity index (χ4n) is 2.85. The average Bonchev–Trinajstić information content (AvgIpc) is 3.16. The molecule has 3 aromatic rings. The van der Waals surface area contributed by atoms with Gasteiger partial charge in [0.1, 0.15) is 17.2 Å². The minimum Gasteiger partial charge on any atom is -0.488 e. The van der Waals surface area contributed by atoms with Crippen molar-refractivity contribution in [1.82, 2.24) is 5.32 Å². The first-order chi connectivity index (χ1) is 13.2. The fraction of sp³-hybridized carbons (Fsp3) is 0.143. The molecule has 1 aromatic heterocycles. The largest absolute Gasteiger partial charge is 0.488 e. The van der Waals surface area contributed by atoms with Crippen molar-refractivity contribution in [2.75, 3.05) is 6.61 Å². The normalized spacial score (nSPS) is 11.7. The van der Waals surface area contributed by atoms with Crippen molar-refractivity contribution in [2.24, 2.45) is 0 Å². The van der Waals surface area contributed by atoms with Crippen LogP contribution in [0.25, 0.3) is 10.4 Å². The molecule has 1 aliphatic heterocycles. The maximum Gasteiger partial charge on any atom is 0.348 e. The number of thiophene rings is 1. The molecule has 0 aliphatic carbocycles. The molecular formula is C21H17NO4S. The molecule has 1 aliphatic rings. The summed E-state index contributed by atoms with van der Waals surface area (Å²) in [6.07, 6.45) is 0.